The fourth-order valence-electron chi connectivity index (χ4n) is 1.71. The summed E-state index contributed by atoms with van der Waals surface area (Å²) in [5.74, 6) is 0.826. The van der Waals surface area contributed by atoms with Crippen LogP contribution in [0.15, 0.2) is 41.8 Å². The van der Waals surface area contributed by atoms with Gasteiger partial charge in [0.15, 0.2) is 0 Å². The molecule has 1 aromatic heterocycles. The van der Waals surface area contributed by atoms with E-state index in [2.05, 4.69) is 12.1 Å². The van der Waals surface area contributed by atoms with Crippen LogP contribution in [0.5, 0.6) is 5.75 Å². The predicted octanol–water partition coefficient (Wildman–Crippen LogP) is 3.29. The smallest absolute Gasteiger partial charge is 0.119 e. The van der Waals surface area contributed by atoms with Crippen LogP contribution in [0.4, 0.5) is 5.69 Å². The third kappa shape index (κ3) is 3.02. The molecule has 0 aliphatic carbocycles. The SMILES string of the molecule is COc1ccc(N(CC#N)Cc2cccs2)cc1. The number of nitrogens with zero attached hydrogens (tertiary/aromatic N) is 2. The molecule has 0 N–H and O–H groups in total. The van der Waals surface area contributed by atoms with Gasteiger partial charge in [-0.05, 0) is 35.7 Å². The Hall–Kier alpha value is -1.99. The predicted molar refractivity (Wildman–Crippen MR) is 74.0 cm³/mol. The van der Waals surface area contributed by atoms with Crippen molar-refractivity contribution in [1.29, 1.82) is 5.26 Å². The van der Waals surface area contributed by atoms with E-state index in [0.717, 1.165) is 18.0 Å². The van der Waals surface area contributed by atoms with Gasteiger partial charge >= 0.3 is 0 Å². The number of hydrogen-bond acceptors (Lipinski definition) is 4. The van der Waals surface area contributed by atoms with Crippen molar-refractivity contribution in [3.8, 4) is 11.8 Å². The first kappa shape index (κ1) is 12.5. The van der Waals surface area contributed by atoms with Gasteiger partial charge in [-0.1, -0.05) is 6.07 Å². The van der Waals surface area contributed by atoms with Gasteiger partial charge in [-0.15, -0.1) is 11.3 Å². The second-order valence-electron chi connectivity index (χ2n) is 3.79. The topological polar surface area (TPSA) is 36.3 Å². The van der Waals surface area contributed by atoms with Crippen molar-refractivity contribution in [2.45, 2.75) is 6.54 Å². The average molecular weight is 258 g/mol. The molecule has 0 spiro atoms. The number of rotatable bonds is 5. The van der Waals surface area contributed by atoms with E-state index >= 15 is 0 Å². The maximum atomic E-state index is 8.91. The van der Waals surface area contributed by atoms with E-state index in [4.69, 9.17) is 10.00 Å². The van der Waals surface area contributed by atoms with Crippen LogP contribution in [-0.2, 0) is 6.54 Å². The number of hydrogen-bond donors (Lipinski definition) is 0. The fraction of sp³-hybridized carbons (Fsp3) is 0.214. The van der Waals surface area contributed by atoms with Crippen LogP contribution in [0.3, 0.4) is 0 Å². The molecule has 0 bridgehead atoms. The van der Waals surface area contributed by atoms with Crippen LogP contribution < -0.4 is 9.64 Å². The minimum Gasteiger partial charge on any atom is -0.497 e. The minimum atomic E-state index is 0.379. The molecule has 1 heterocycles. The largest absolute Gasteiger partial charge is 0.497 e. The number of thiophene rings is 1. The summed E-state index contributed by atoms with van der Waals surface area (Å²) in [5.41, 5.74) is 1.03. The highest BCUT2D eigenvalue weighted by Gasteiger charge is 2.07. The molecule has 1 aromatic carbocycles. The lowest BCUT2D eigenvalue weighted by atomic mass is 10.2. The molecule has 18 heavy (non-hydrogen) atoms. The molecule has 0 saturated heterocycles. The minimum absolute atomic E-state index is 0.379. The molecule has 2 aromatic rings. The summed E-state index contributed by atoms with van der Waals surface area (Å²) < 4.78 is 5.13. The Kier molecular flexibility index (Phi) is 4.21. The van der Waals surface area contributed by atoms with Gasteiger partial charge in [0.2, 0.25) is 0 Å². The average Bonchev–Trinajstić information content (AvgIpc) is 2.91. The number of ether oxygens (including phenoxy) is 1. The third-order valence-corrected chi connectivity index (χ3v) is 3.49. The van der Waals surface area contributed by atoms with E-state index in [9.17, 15) is 0 Å². The number of anilines is 1. The highest BCUT2D eigenvalue weighted by molar-refractivity contribution is 7.09. The van der Waals surface area contributed by atoms with Crippen LogP contribution in [-0.4, -0.2) is 13.7 Å². The molecular formula is C14H14N2OS. The number of nitriles is 1. The highest BCUT2D eigenvalue weighted by Crippen LogP contribution is 2.22. The van der Waals surface area contributed by atoms with Gasteiger partial charge in [0.1, 0.15) is 12.3 Å². The van der Waals surface area contributed by atoms with E-state index in [1.807, 2.05) is 40.6 Å². The van der Waals surface area contributed by atoms with E-state index in [1.54, 1.807) is 18.4 Å². The van der Waals surface area contributed by atoms with Crippen LogP contribution in [0, 0.1) is 11.3 Å². The summed E-state index contributed by atoms with van der Waals surface area (Å²) in [4.78, 5) is 3.30. The van der Waals surface area contributed by atoms with E-state index in [1.165, 1.54) is 4.88 Å². The molecular weight excluding hydrogens is 244 g/mol. The molecule has 0 radical (unpaired) electrons. The summed E-state index contributed by atoms with van der Waals surface area (Å²) in [5, 5.41) is 11.0. The molecule has 3 nitrogen and oxygen atoms in total. The third-order valence-electron chi connectivity index (χ3n) is 2.63. The van der Waals surface area contributed by atoms with Gasteiger partial charge in [0.25, 0.3) is 0 Å². The van der Waals surface area contributed by atoms with Gasteiger partial charge in [-0.2, -0.15) is 5.26 Å². The lowest BCUT2D eigenvalue weighted by Crippen LogP contribution is -2.22. The van der Waals surface area contributed by atoms with Crippen molar-refractivity contribution in [2.75, 3.05) is 18.6 Å². The van der Waals surface area contributed by atoms with Crippen molar-refractivity contribution in [3.05, 3.63) is 46.7 Å². The van der Waals surface area contributed by atoms with Crippen molar-refractivity contribution < 1.29 is 4.74 Å². The van der Waals surface area contributed by atoms with Crippen LogP contribution in [0.25, 0.3) is 0 Å². The second-order valence-corrected chi connectivity index (χ2v) is 4.82. The van der Waals surface area contributed by atoms with E-state index in [0.29, 0.717) is 6.54 Å². The maximum absolute atomic E-state index is 8.91. The maximum Gasteiger partial charge on any atom is 0.119 e. The summed E-state index contributed by atoms with van der Waals surface area (Å²) in [6.45, 7) is 1.14. The highest BCUT2D eigenvalue weighted by atomic mass is 32.1. The molecule has 0 atom stereocenters. The van der Waals surface area contributed by atoms with Crippen molar-refractivity contribution in [3.63, 3.8) is 0 Å². The first-order valence-electron chi connectivity index (χ1n) is 5.62. The molecule has 0 unspecified atom stereocenters. The fourth-order valence-corrected chi connectivity index (χ4v) is 2.43. The molecule has 92 valence electrons. The Balaban J connectivity index is 2.15. The second kappa shape index (κ2) is 6.08. The summed E-state index contributed by atoms with van der Waals surface area (Å²) in [7, 11) is 1.65. The van der Waals surface area contributed by atoms with Gasteiger partial charge in [0, 0.05) is 10.6 Å². The van der Waals surface area contributed by atoms with Crippen LogP contribution in [0.1, 0.15) is 4.88 Å². The molecule has 0 saturated carbocycles. The summed E-state index contributed by atoms with van der Waals surface area (Å²) in [6.07, 6.45) is 0. The molecule has 0 amide bonds. The lowest BCUT2D eigenvalue weighted by molar-refractivity contribution is 0.415. The Morgan fingerprint density at radius 2 is 2.06 bits per heavy atom. The molecule has 0 aliphatic rings. The molecule has 4 heteroatoms. The quantitative estimate of drug-likeness (QED) is 0.772. The summed E-state index contributed by atoms with van der Waals surface area (Å²) >= 11 is 1.70. The van der Waals surface area contributed by atoms with Crippen LogP contribution in [0.2, 0.25) is 0 Å². The normalized spacial score (nSPS) is 9.78. The Labute approximate surface area is 111 Å². The zero-order valence-corrected chi connectivity index (χ0v) is 11.0. The number of methoxy groups -OCH3 is 1. The van der Waals surface area contributed by atoms with Crippen molar-refractivity contribution >= 4 is 17.0 Å². The molecule has 2 rings (SSSR count). The van der Waals surface area contributed by atoms with E-state index in [-0.39, 0.29) is 0 Å². The van der Waals surface area contributed by atoms with Gasteiger partial charge in [0.05, 0.1) is 19.7 Å². The van der Waals surface area contributed by atoms with Gasteiger partial charge in [-0.25, -0.2) is 0 Å². The summed E-state index contributed by atoms with van der Waals surface area (Å²) in [6, 6.07) is 14.1. The molecule has 0 aliphatic heterocycles. The standard InChI is InChI=1S/C14H14N2OS/c1-17-13-6-4-12(5-7-13)16(9-8-15)11-14-3-2-10-18-14/h2-7,10H,9,11H2,1H3. The zero-order chi connectivity index (χ0) is 12.8. The Bertz CT molecular complexity index is 514. The van der Waals surface area contributed by atoms with E-state index < -0.39 is 0 Å². The van der Waals surface area contributed by atoms with Crippen molar-refractivity contribution in [1.82, 2.24) is 0 Å². The van der Waals surface area contributed by atoms with Gasteiger partial charge < -0.3 is 9.64 Å². The van der Waals surface area contributed by atoms with Crippen molar-refractivity contribution in [2.24, 2.45) is 0 Å². The Morgan fingerprint density at radius 1 is 1.28 bits per heavy atom. The zero-order valence-electron chi connectivity index (χ0n) is 10.2. The number of benzene rings is 1. The lowest BCUT2D eigenvalue weighted by Gasteiger charge is -2.21. The monoisotopic (exact) mass is 258 g/mol. The van der Waals surface area contributed by atoms with Gasteiger partial charge in [-0.3, -0.25) is 0 Å². The first-order valence-corrected chi connectivity index (χ1v) is 6.50. The molecule has 0 fully saturated rings. The Morgan fingerprint density at radius 3 is 2.61 bits per heavy atom. The van der Waals surface area contributed by atoms with Crippen LogP contribution >= 0.6 is 11.3 Å². The first-order chi connectivity index (χ1) is 8.83.